The fraction of sp³-hybridized carbons (Fsp3) is 0.914. The van der Waals surface area contributed by atoms with Crippen LogP contribution in [0.5, 0.6) is 0 Å². The molecule has 4 fully saturated rings. The van der Waals surface area contributed by atoms with E-state index in [9.17, 15) is 4.79 Å². The molecule has 3 unspecified atom stereocenters. The van der Waals surface area contributed by atoms with Gasteiger partial charge in [-0.1, -0.05) is 67.0 Å². The second kappa shape index (κ2) is 9.09. The molecule has 0 aromatic heterocycles. The van der Waals surface area contributed by atoms with Crippen molar-refractivity contribution in [2.24, 2.45) is 56.2 Å². The molecule has 0 heterocycles. The van der Waals surface area contributed by atoms with Gasteiger partial charge in [0, 0.05) is 0 Å². The first kappa shape index (κ1) is 28.7. The van der Waals surface area contributed by atoms with Crippen molar-refractivity contribution >= 4 is 5.97 Å². The van der Waals surface area contributed by atoms with Gasteiger partial charge in [0.05, 0.1) is 25.7 Å². The molecule has 0 N–H and O–H groups in total. The number of methoxy groups -OCH3 is 1. The second-order valence-corrected chi connectivity index (χ2v) is 17.0. The van der Waals surface area contributed by atoms with Crippen LogP contribution in [-0.4, -0.2) is 25.8 Å². The minimum atomic E-state index is -0.206. The van der Waals surface area contributed by atoms with E-state index in [4.69, 9.17) is 9.47 Å². The Bertz CT molecular complexity index is 978. The van der Waals surface area contributed by atoms with Gasteiger partial charge in [0.15, 0.2) is 0 Å². The average molecular weight is 527 g/mol. The summed E-state index contributed by atoms with van der Waals surface area (Å²) < 4.78 is 11.5. The fourth-order valence-corrected chi connectivity index (χ4v) is 11.3. The number of rotatable bonds is 4. The highest BCUT2D eigenvalue weighted by Crippen LogP contribution is 2.75. The van der Waals surface area contributed by atoms with Crippen LogP contribution in [0.3, 0.4) is 0 Å². The Morgan fingerprint density at radius 2 is 1.61 bits per heavy atom. The van der Waals surface area contributed by atoms with Gasteiger partial charge < -0.3 is 9.47 Å². The Balaban J connectivity index is 1.43. The highest BCUT2D eigenvalue weighted by Gasteiger charge is 2.68. The standard InChI is InChI=1S/C35H58O3/c1-23(29(36)37-10)22-38-28-14-15-33(7)26(31(28,4)5)13-16-35(9)27(33)12-11-24-25-21-30(2,3)17-18-32(25,6)19-20-34(24,35)8/h11,23,25-28H,12-22H2,1-10H3/t23?,25-,26?,27-,28?,32-,33+,34-,35-/m1/s1. The summed E-state index contributed by atoms with van der Waals surface area (Å²) in [6.45, 7) is 23.1. The van der Waals surface area contributed by atoms with Gasteiger partial charge in [-0.15, -0.1) is 0 Å². The highest BCUT2D eigenvalue weighted by molar-refractivity contribution is 5.71. The Kier molecular flexibility index (Phi) is 6.86. The SMILES string of the molecule is COC(=O)C(C)COC1CC[C@@]2(C)C(CC[C@]3(C)[C@@H]2CC=C2[C@H]4CC(C)(C)CC[C@]4(C)CC[C@]23C)C1(C)C. The van der Waals surface area contributed by atoms with Gasteiger partial charge >= 0.3 is 5.97 Å². The van der Waals surface area contributed by atoms with Crippen molar-refractivity contribution in [2.75, 3.05) is 13.7 Å². The number of fused-ring (bicyclic) bond motifs is 7. The summed E-state index contributed by atoms with van der Waals surface area (Å²) >= 11 is 0. The van der Waals surface area contributed by atoms with Gasteiger partial charge in [-0.25, -0.2) is 0 Å². The molecule has 0 aromatic rings. The molecule has 5 aliphatic carbocycles. The van der Waals surface area contributed by atoms with Gasteiger partial charge in [-0.05, 0) is 121 Å². The molecule has 0 aliphatic heterocycles. The van der Waals surface area contributed by atoms with E-state index in [1.807, 2.05) is 12.5 Å². The van der Waals surface area contributed by atoms with E-state index in [0.29, 0.717) is 39.6 Å². The Labute approximate surface area is 234 Å². The maximum Gasteiger partial charge on any atom is 0.310 e. The van der Waals surface area contributed by atoms with Crippen LogP contribution in [0.1, 0.15) is 127 Å². The van der Waals surface area contributed by atoms with Gasteiger partial charge in [0.25, 0.3) is 0 Å². The number of carbonyl (C=O) groups is 1. The van der Waals surface area contributed by atoms with Gasteiger partial charge in [-0.2, -0.15) is 0 Å². The summed E-state index contributed by atoms with van der Waals surface area (Å²) in [5, 5.41) is 0. The number of allylic oxidation sites excluding steroid dienone is 2. The van der Waals surface area contributed by atoms with E-state index in [1.165, 1.54) is 64.9 Å². The predicted octanol–water partition coefficient (Wildman–Crippen LogP) is 9.00. The Hall–Kier alpha value is -0.830. The molecule has 3 nitrogen and oxygen atoms in total. The first-order chi connectivity index (χ1) is 17.5. The third kappa shape index (κ3) is 4.01. The van der Waals surface area contributed by atoms with E-state index in [1.54, 1.807) is 0 Å². The lowest BCUT2D eigenvalue weighted by Crippen LogP contribution is -2.64. The second-order valence-electron chi connectivity index (χ2n) is 17.0. The number of esters is 1. The molecule has 4 saturated carbocycles. The molecule has 5 rings (SSSR count). The summed E-state index contributed by atoms with van der Waals surface area (Å²) in [7, 11) is 1.47. The van der Waals surface area contributed by atoms with E-state index in [0.717, 1.165) is 18.3 Å². The highest BCUT2D eigenvalue weighted by atomic mass is 16.5. The predicted molar refractivity (Wildman–Crippen MR) is 156 cm³/mol. The molecule has 3 heteroatoms. The molecule has 5 aliphatic rings. The van der Waals surface area contributed by atoms with Crippen molar-refractivity contribution in [2.45, 2.75) is 133 Å². The quantitative estimate of drug-likeness (QED) is 0.271. The van der Waals surface area contributed by atoms with Crippen LogP contribution in [0.2, 0.25) is 0 Å². The molecule has 0 amide bonds. The molecular formula is C35H58O3. The van der Waals surface area contributed by atoms with E-state index >= 15 is 0 Å². The first-order valence-corrected chi connectivity index (χ1v) is 15.9. The smallest absolute Gasteiger partial charge is 0.310 e. The number of hydrogen-bond donors (Lipinski definition) is 0. The van der Waals surface area contributed by atoms with E-state index < -0.39 is 0 Å². The number of hydrogen-bond acceptors (Lipinski definition) is 3. The molecule has 9 atom stereocenters. The van der Waals surface area contributed by atoms with Crippen LogP contribution >= 0.6 is 0 Å². The molecule has 0 bridgehead atoms. The third-order valence-corrected chi connectivity index (χ3v) is 14.2. The molecule has 0 radical (unpaired) electrons. The van der Waals surface area contributed by atoms with Crippen LogP contribution in [0, 0.1) is 56.2 Å². The molecular weight excluding hydrogens is 468 g/mol. The van der Waals surface area contributed by atoms with Gasteiger partial charge in [0.2, 0.25) is 0 Å². The van der Waals surface area contributed by atoms with Crippen molar-refractivity contribution in [3.05, 3.63) is 11.6 Å². The van der Waals surface area contributed by atoms with E-state index in [-0.39, 0.29) is 23.4 Å². The Morgan fingerprint density at radius 3 is 2.29 bits per heavy atom. The first-order valence-electron chi connectivity index (χ1n) is 15.9. The third-order valence-electron chi connectivity index (χ3n) is 14.2. The Morgan fingerprint density at radius 1 is 0.921 bits per heavy atom. The van der Waals surface area contributed by atoms with Crippen molar-refractivity contribution in [1.82, 2.24) is 0 Å². The zero-order chi connectivity index (χ0) is 27.9. The number of carbonyl (C=O) groups excluding carboxylic acids is 1. The minimum absolute atomic E-state index is 0.105. The van der Waals surface area contributed by atoms with Gasteiger partial charge in [-0.3, -0.25) is 4.79 Å². The van der Waals surface area contributed by atoms with Crippen LogP contribution in [-0.2, 0) is 14.3 Å². The monoisotopic (exact) mass is 526 g/mol. The topological polar surface area (TPSA) is 35.5 Å². The largest absolute Gasteiger partial charge is 0.469 e. The fourth-order valence-electron chi connectivity index (χ4n) is 11.3. The van der Waals surface area contributed by atoms with Crippen LogP contribution in [0.15, 0.2) is 11.6 Å². The van der Waals surface area contributed by atoms with Crippen molar-refractivity contribution in [1.29, 1.82) is 0 Å². The summed E-state index contributed by atoms with van der Waals surface area (Å²) in [5.74, 6) is 1.78. The molecule has 0 saturated heterocycles. The molecule has 0 spiro atoms. The summed E-state index contributed by atoms with van der Waals surface area (Å²) in [5.41, 5.74) is 3.98. The number of ether oxygens (including phenoxy) is 2. The summed E-state index contributed by atoms with van der Waals surface area (Å²) in [6.07, 6.45) is 16.2. The van der Waals surface area contributed by atoms with Gasteiger partial charge in [0.1, 0.15) is 0 Å². The lowest BCUT2D eigenvalue weighted by Gasteiger charge is -2.71. The zero-order valence-corrected chi connectivity index (χ0v) is 26.5. The lowest BCUT2D eigenvalue weighted by atomic mass is 9.33. The van der Waals surface area contributed by atoms with Crippen LogP contribution in [0.4, 0.5) is 0 Å². The summed E-state index contributed by atoms with van der Waals surface area (Å²) in [6, 6.07) is 0. The average Bonchev–Trinajstić information content (AvgIpc) is 2.84. The van der Waals surface area contributed by atoms with Crippen LogP contribution in [0.25, 0.3) is 0 Å². The lowest BCUT2D eigenvalue weighted by molar-refractivity contribution is -0.213. The maximum atomic E-state index is 12.0. The summed E-state index contributed by atoms with van der Waals surface area (Å²) in [4.78, 5) is 12.0. The van der Waals surface area contributed by atoms with Crippen molar-refractivity contribution in [3.8, 4) is 0 Å². The van der Waals surface area contributed by atoms with Crippen molar-refractivity contribution < 1.29 is 14.3 Å². The molecule has 216 valence electrons. The van der Waals surface area contributed by atoms with E-state index in [2.05, 4.69) is 61.5 Å². The molecule has 0 aromatic carbocycles. The zero-order valence-electron chi connectivity index (χ0n) is 26.5. The maximum absolute atomic E-state index is 12.0. The minimum Gasteiger partial charge on any atom is -0.469 e. The molecule has 38 heavy (non-hydrogen) atoms. The normalized spacial score (nSPS) is 47.9. The van der Waals surface area contributed by atoms with Crippen LogP contribution < -0.4 is 0 Å². The van der Waals surface area contributed by atoms with Crippen molar-refractivity contribution in [3.63, 3.8) is 0 Å².